The lowest BCUT2D eigenvalue weighted by Gasteiger charge is -2.39. The summed E-state index contributed by atoms with van der Waals surface area (Å²) in [5.74, 6) is 0. The van der Waals surface area contributed by atoms with Gasteiger partial charge in [0.05, 0.1) is 0 Å². The number of rotatable bonds is 5. The largest absolute Gasteiger partial charge is 0.314 e. The second-order valence-corrected chi connectivity index (χ2v) is 7.28. The lowest BCUT2D eigenvalue weighted by Crippen LogP contribution is -2.46. The average molecular weight is 267 g/mol. The molecule has 0 spiro atoms. The molecule has 2 heterocycles. The molecule has 19 heavy (non-hydrogen) atoms. The van der Waals surface area contributed by atoms with E-state index in [0.717, 1.165) is 6.04 Å². The Morgan fingerprint density at radius 2 is 2.05 bits per heavy atom. The van der Waals surface area contributed by atoms with Crippen molar-refractivity contribution in [3.8, 4) is 0 Å². The first-order chi connectivity index (χ1) is 9.07. The van der Waals surface area contributed by atoms with Crippen LogP contribution in [0, 0.1) is 5.41 Å². The van der Waals surface area contributed by atoms with E-state index in [4.69, 9.17) is 0 Å². The molecule has 2 saturated heterocycles. The molecule has 2 rings (SSSR count). The maximum Gasteiger partial charge on any atom is 0.00817 e. The van der Waals surface area contributed by atoms with Gasteiger partial charge in [0.15, 0.2) is 0 Å². The molecule has 0 radical (unpaired) electrons. The Balaban J connectivity index is 1.66. The van der Waals surface area contributed by atoms with Gasteiger partial charge in [0.25, 0.3) is 0 Å². The first kappa shape index (κ1) is 15.3. The van der Waals surface area contributed by atoms with Crippen LogP contribution in [0.25, 0.3) is 0 Å². The van der Waals surface area contributed by atoms with Gasteiger partial charge in [-0.2, -0.15) is 0 Å². The van der Waals surface area contributed by atoms with Crippen molar-refractivity contribution in [3.63, 3.8) is 0 Å². The normalized spacial score (nSPS) is 30.2. The number of nitrogens with zero attached hydrogens (tertiary/aromatic N) is 1. The first-order valence-electron chi connectivity index (χ1n) is 8.23. The van der Waals surface area contributed by atoms with Gasteiger partial charge in [0.1, 0.15) is 0 Å². The smallest absolute Gasteiger partial charge is 0.00817 e. The second-order valence-electron chi connectivity index (χ2n) is 7.28. The predicted molar refractivity (Wildman–Crippen MR) is 82.6 cm³/mol. The Morgan fingerprint density at radius 3 is 2.68 bits per heavy atom. The molecule has 2 aliphatic heterocycles. The van der Waals surface area contributed by atoms with Crippen LogP contribution in [0.3, 0.4) is 0 Å². The third-order valence-corrected chi connectivity index (χ3v) is 5.12. The number of likely N-dealkylation sites (tertiary alicyclic amines) is 1. The summed E-state index contributed by atoms with van der Waals surface area (Å²) in [6.07, 6.45) is 8.11. The van der Waals surface area contributed by atoms with E-state index in [1.54, 1.807) is 0 Å². The highest BCUT2D eigenvalue weighted by Crippen LogP contribution is 2.29. The molecular weight excluding hydrogens is 234 g/mol. The molecule has 2 fully saturated rings. The van der Waals surface area contributed by atoms with Gasteiger partial charge in [-0.15, -0.1) is 0 Å². The van der Waals surface area contributed by atoms with E-state index in [9.17, 15) is 0 Å². The molecule has 2 unspecified atom stereocenters. The summed E-state index contributed by atoms with van der Waals surface area (Å²) >= 11 is 0. The SMILES string of the molecule is CC(CC1CCCCN1)NCC1(C)CCN(C)CC1. The fraction of sp³-hybridized carbons (Fsp3) is 1.00. The molecule has 0 aromatic heterocycles. The van der Waals surface area contributed by atoms with E-state index in [1.807, 2.05) is 0 Å². The zero-order chi connectivity index (χ0) is 13.7. The molecule has 3 nitrogen and oxygen atoms in total. The molecule has 0 amide bonds. The van der Waals surface area contributed by atoms with E-state index in [-0.39, 0.29) is 0 Å². The Hall–Kier alpha value is -0.120. The van der Waals surface area contributed by atoms with Crippen molar-refractivity contribution >= 4 is 0 Å². The topological polar surface area (TPSA) is 27.3 Å². The van der Waals surface area contributed by atoms with Crippen molar-refractivity contribution in [2.75, 3.05) is 33.2 Å². The lowest BCUT2D eigenvalue weighted by molar-refractivity contribution is 0.132. The van der Waals surface area contributed by atoms with Gasteiger partial charge < -0.3 is 15.5 Å². The number of nitrogens with one attached hydrogen (secondary N) is 2. The fourth-order valence-corrected chi connectivity index (χ4v) is 3.39. The predicted octanol–water partition coefficient (Wildman–Crippen LogP) is 2.23. The lowest BCUT2D eigenvalue weighted by atomic mass is 9.80. The third-order valence-electron chi connectivity index (χ3n) is 5.12. The zero-order valence-electron chi connectivity index (χ0n) is 13.2. The monoisotopic (exact) mass is 267 g/mol. The van der Waals surface area contributed by atoms with Crippen molar-refractivity contribution in [3.05, 3.63) is 0 Å². The number of hydrogen-bond donors (Lipinski definition) is 2. The van der Waals surface area contributed by atoms with Crippen molar-refractivity contribution in [2.24, 2.45) is 5.41 Å². The quantitative estimate of drug-likeness (QED) is 0.800. The van der Waals surface area contributed by atoms with Crippen LogP contribution in [0.1, 0.15) is 52.4 Å². The summed E-state index contributed by atoms with van der Waals surface area (Å²) in [5, 5.41) is 7.45. The minimum absolute atomic E-state index is 0.515. The minimum atomic E-state index is 0.515. The van der Waals surface area contributed by atoms with Crippen LogP contribution < -0.4 is 10.6 Å². The van der Waals surface area contributed by atoms with E-state index < -0.39 is 0 Å². The molecular formula is C16H33N3. The zero-order valence-corrected chi connectivity index (χ0v) is 13.2. The highest BCUT2D eigenvalue weighted by atomic mass is 15.1. The van der Waals surface area contributed by atoms with Crippen molar-refractivity contribution in [2.45, 2.75) is 64.5 Å². The standard InChI is InChI=1S/C16H33N3/c1-14(12-15-6-4-5-9-17-15)18-13-16(2)7-10-19(3)11-8-16/h14-15,17-18H,4-13H2,1-3H3. The first-order valence-corrected chi connectivity index (χ1v) is 8.23. The Bertz CT molecular complexity index is 253. The van der Waals surface area contributed by atoms with Crippen LogP contribution in [0.5, 0.6) is 0 Å². The minimum Gasteiger partial charge on any atom is -0.314 e. The Kier molecular flexibility index (Phi) is 5.67. The van der Waals surface area contributed by atoms with Crippen LogP contribution in [-0.4, -0.2) is 50.2 Å². The number of piperidine rings is 2. The molecule has 112 valence electrons. The summed E-state index contributed by atoms with van der Waals surface area (Å²) in [6.45, 7) is 9.75. The molecule has 3 heteroatoms. The Labute approximate surface area is 119 Å². The molecule has 0 aromatic rings. The van der Waals surface area contributed by atoms with E-state index in [0.29, 0.717) is 11.5 Å². The van der Waals surface area contributed by atoms with Gasteiger partial charge in [-0.1, -0.05) is 13.3 Å². The summed E-state index contributed by atoms with van der Waals surface area (Å²) in [4.78, 5) is 2.46. The van der Waals surface area contributed by atoms with E-state index in [1.165, 1.54) is 64.7 Å². The van der Waals surface area contributed by atoms with Crippen molar-refractivity contribution < 1.29 is 0 Å². The maximum absolute atomic E-state index is 3.80. The van der Waals surface area contributed by atoms with Crippen molar-refractivity contribution in [1.82, 2.24) is 15.5 Å². The van der Waals surface area contributed by atoms with E-state index >= 15 is 0 Å². The molecule has 0 bridgehead atoms. The molecule has 0 aromatic carbocycles. The van der Waals surface area contributed by atoms with Gasteiger partial charge in [-0.05, 0) is 71.1 Å². The molecule has 2 aliphatic rings. The third kappa shape index (κ3) is 5.05. The summed E-state index contributed by atoms with van der Waals surface area (Å²) < 4.78 is 0. The molecule has 0 aliphatic carbocycles. The molecule has 2 atom stereocenters. The molecule has 2 N–H and O–H groups in total. The second kappa shape index (κ2) is 7.05. The van der Waals surface area contributed by atoms with Gasteiger partial charge in [-0.25, -0.2) is 0 Å². The summed E-state index contributed by atoms with van der Waals surface area (Å²) in [6, 6.07) is 1.40. The van der Waals surface area contributed by atoms with Gasteiger partial charge in [0.2, 0.25) is 0 Å². The summed E-state index contributed by atoms with van der Waals surface area (Å²) in [5.41, 5.74) is 0.515. The fourth-order valence-electron chi connectivity index (χ4n) is 3.39. The average Bonchev–Trinajstić information content (AvgIpc) is 2.42. The van der Waals surface area contributed by atoms with Crippen LogP contribution >= 0.6 is 0 Å². The maximum atomic E-state index is 3.80. The Morgan fingerprint density at radius 1 is 1.32 bits per heavy atom. The highest BCUT2D eigenvalue weighted by molar-refractivity contribution is 4.85. The molecule has 0 saturated carbocycles. The van der Waals surface area contributed by atoms with Gasteiger partial charge in [-0.3, -0.25) is 0 Å². The van der Waals surface area contributed by atoms with E-state index in [2.05, 4.69) is 36.4 Å². The van der Waals surface area contributed by atoms with Crippen LogP contribution in [0.15, 0.2) is 0 Å². The van der Waals surface area contributed by atoms with Crippen molar-refractivity contribution in [1.29, 1.82) is 0 Å². The summed E-state index contributed by atoms with van der Waals surface area (Å²) in [7, 11) is 2.24. The van der Waals surface area contributed by atoms with Crippen LogP contribution in [0.4, 0.5) is 0 Å². The van der Waals surface area contributed by atoms with Crippen LogP contribution in [-0.2, 0) is 0 Å². The highest BCUT2D eigenvalue weighted by Gasteiger charge is 2.29. The van der Waals surface area contributed by atoms with Crippen LogP contribution in [0.2, 0.25) is 0 Å². The van der Waals surface area contributed by atoms with Gasteiger partial charge >= 0.3 is 0 Å². The number of hydrogen-bond acceptors (Lipinski definition) is 3. The van der Waals surface area contributed by atoms with Gasteiger partial charge in [0, 0.05) is 18.6 Å².